The highest BCUT2D eigenvalue weighted by atomic mass is 32.1. The van der Waals surface area contributed by atoms with Crippen molar-refractivity contribution in [3.05, 3.63) is 68.2 Å². The van der Waals surface area contributed by atoms with Crippen LogP contribution in [0.5, 0.6) is 0 Å². The van der Waals surface area contributed by atoms with Crippen molar-refractivity contribution >= 4 is 45.2 Å². The van der Waals surface area contributed by atoms with Gasteiger partial charge in [0.15, 0.2) is 0 Å². The first kappa shape index (κ1) is 17.0. The van der Waals surface area contributed by atoms with Gasteiger partial charge in [-0.3, -0.25) is 9.59 Å². The quantitative estimate of drug-likeness (QED) is 0.658. The first-order valence-corrected chi connectivity index (χ1v) is 10.1. The van der Waals surface area contributed by atoms with Gasteiger partial charge >= 0.3 is 0 Å². The fraction of sp³-hybridized carbons (Fsp3) is 0.200. The average Bonchev–Trinajstić information content (AvgIpc) is 3.18. The number of amides is 2. The lowest BCUT2D eigenvalue weighted by Crippen LogP contribution is -2.22. The lowest BCUT2D eigenvalue weighted by molar-refractivity contribution is -0.116. The number of nitrogens with one attached hydrogen (secondary N) is 2. The largest absolute Gasteiger partial charge is 0.321 e. The van der Waals surface area contributed by atoms with Crippen molar-refractivity contribution in [1.82, 2.24) is 0 Å². The average molecular weight is 383 g/mol. The Labute approximate surface area is 159 Å². The van der Waals surface area contributed by atoms with Crippen LogP contribution in [-0.4, -0.2) is 11.8 Å². The summed E-state index contributed by atoms with van der Waals surface area (Å²) >= 11 is 3.04. The van der Waals surface area contributed by atoms with Crippen LogP contribution in [0.1, 0.15) is 43.6 Å². The van der Waals surface area contributed by atoms with E-state index < -0.39 is 0 Å². The molecule has 4 nitrogen and oxygen atoms in total. The fourth-order valence-corrected chi connectivity index (χ4v) is 5.61. The van der Waals surface area contributed by atoms with Crippen molar-refractivity contribution in [3.63, 3.8) is 0 Å². The van der Waals surface area contributed by atoms with Crippen molar-refractivity contribution in [2.75, 3.05) is 10.6 Å². The molecule has 0 spiro atoms. The van der Waals surface area contributed by atoms with E-state index in [4.69, 9.17) is 0 Å². The Kier molecular flexibility index (Phi) is 4.38. The van der Waals surface area contributed by atoms with Crippen molar-refractivity contribution in [1.29, 1.82) is 0 Å². The zero-order valence-corrected chi connectivity index (χ0v) is 16.1. The summed E-state index contributed by atoms with van der Waals surface area (Å²) in [6, 6.07) is 11.5. The minimum absolute atomic E-state index is 0.00608. The Morgan fingerprint density at radius 2 is 1.96 bits per heavy atom. The molecule has 4 rings (SSSR count). The lowest BCUT2D eigenvalue weighted by atomic mass is 9.88. The van der Waals surface area contributed by atoms with E-state index >= 15 is 0 Å². The van der Waals surface area contributed by atoms with Crippen LogP contribution in [-0.2, 0) is 4.79 Å². The number of carbonyl (C=O) groups is 2. The molecule has 132 valence electrons. The van der Waals surface area contributed by atoms with Crippen LogP contribution in [0.4, 0.5) is 10.7 Å². The van der Waals surface area contributed by atoms with E-state index in [-0.39, 0.29) is 17.7 Å². The molecule has 1 aliphatic rings. The normalized spacial score (nSPS) is 16.1. The van der Waals surface area contributed by atoms with E-state index in [9.17, 15) is 9.59 Å². The Morgan fingerprint density at radius 3 is 2.65 bits per heavy atom. The van der Waals surface area contributed by atoms with Gasteiger partial charge in [-0.2, -0.15) is 0 Å². The highest BCUT2D eigenvalue weighted by Gasteiger charge is 2.34. The summed E-state index contributed by atoms with van der Waals surface area (Å²) in [5, 5.41) is 8.76. The molecule has 0 fully saturated rings. The first-order valence-electron chi connectivity index (χ1n) is 8.38. The number of carbonyl (C=O) groups excluding carboxylic acids is 2. The number of hydrogen-bond acceptors (Lipinski definition) is 4. The molecule has 1 atom stereocenters. The molecule has 26 heavy (non-hydrogen) atoms. The molecule has 0 saturated carbocycles. The van der Waals surface area contributed by atoms with Gasteiger partial charge in [-0.05, 0) is 54.1 Å². The second kappa shape index (κ2) is 6.70. The Hall–Kier alpha value is -2.44. The second-order valence-electron chi connectivity index (χ2n) is 6.39. The number of benzene rings is 1. The van der Waals surface area contributed by atoms with Crippen molar-refractivity contribution in [2.24, 2.45) is 0 Å². The van der Waals surface area contributed by atoms with Crippen molar-refractivity contribution < 1.29 is 9.59 Å². The summed E-state index contributed by atoms with van der Waals surface area (Å²) in [6.45, 7) is 4.05. The molecule has 3 aromatic rings. The Morgan fingerprint density at radius 1 is 1.19 bits per heavy atom. The van der Waals surface area contributed by atoms with Gasteiger partial charge in [0, 0.05) is 22.9 Å². The van der Waals surface area contributed by atoms with Crippen LogP contribution in [0.2, 0.25) is 0 Å². The summed E-state index contributed by atoms with van der Waals surface area (Å²) in [6.07, 6.45) is 0.422. The maximum absolute atomic E-state index is 12.8. The summed E-state index contributed by atoms with van der Waals surface area (Å²) in [4.78, 5) is 26.9. The standard InChI is InChI=1S/C20H18N2O2S2/c1-11-8-9-25-17(11)14-10-15(23)22-20-16(14)12(2)18(26-20)19(24)21-13-6-4-3-5-7-13/h3-9,14H,10H2,1-2H3,(H,21,24)(H,22,23). The molecule has 3 heterocycles. The number of para-hydroxylation sites is 1. The molecule has 1 aromatic carbocycles. The fourth-order valence-electron chi connectivity index (χ4n) is 3.39. The Balaban J connectivity index is 1.73. The first-order chi connectivity index (χ1) is 12.5. The summed E-state index contributed by atoms with van der Waals surface area (Å²) in [5.41, 5.74) is 3.99. The van der Waals surface area contributed by atoms with Crippen molar-refractivity contribution in [3.8, 4) is 0 Å². The number of anilines is 2. The highest BCUT2D eigenvalue weighted by molar-refractivity contribution is 7.18. The smallest absolute Gasteiger partial charge is 0.266 e. The summed E-state index contributed by atoms with van der Waals surface area (Å²) in [5.74, 6) is -0.108. The second-order valence-corrected chi connectivity index (χ2v) is 8.36. The third-order valence-electron chi connectivity index (χ3n) is 4.64. The van der Waals surface area contributed by atoms with Gasteiger partial charge in [-0.15, -0.1) is 22.7 Å². The molecule has 2 N–H and O–H groups in total. The van der Waals surface area contributed by atoms with Crippen LogP contribution in [0.3, 0.4) is 0 Å². The van der Waals surface area contributed by atoms with E-state index in [1.807, 2.05) is 37.3 Å². The van der Waals surface area contributed by atoms with Crippen LogP contribution in [0.25, 0.3) is 0 Å². The lowest BCUT2D eigenvalue weighted by Gasteiger charge is -2.23. The zero-order valence-electron chi connectivity index (χ0n) is 14.5. The number of hydrogen-bond donors (Lipinski definition) is 2. The van der Waals surface area contributed by atoms with Gasteiger partial charge in [-0.25, -0.2) is 0 Å². The van der Waals surface area contributed by atoms with Gasteiger partial charge < -0.3 is 10.6 Å². The monoisotopic (exact) mass is 382 g/mol. The van der Waals surface area contributed by atoms with E-state index in [0.717, 1.165) is 21.8 Å². The third kappa shape index (κ3) is 2.95. The van der Waals surface area contributed by atoms with Gasteiger partial charge in [0.05, 0.1) is 9.88 Å². The highest BCUT2D eigenvalue weighted by Crippen LogP contribution is 2.47. The van der Waals surface area contributed by atoms with Crippen LogP contribution in [0.15, 0.2) is 41.8 Å². The predicted molar refractivity (Wildman–Crippen MR) is 108 cm³/mol. The third-order valence-corrected chi connectivity index (χ3v) is 6.99. The molecule has 2 aromatic heterocycles. The predicted octanol–water partition coefficient (Wildman–Crippen LogP) is 5.15. The number of rotatable bonds is 3. The van der Waals surface area contributed by atoms with E-state index in [2.05, 4.69) is 29.0 Å². The van der Waals surface area contributed by atoms with E-state index in [0.29, 0.717) is 11.3 Å². The SMILES string of the molecule is Cc1ccsc1C1CC(=O)Nc2sc(C(=O)Nc3ccccc3)c(C)c21. The number of thiophene rings is 2. The zero-order chi connectivity index (χ0) is 18.3. The van der Waals surface area contributed by atoms with Crippen LogP contribution in [0, 0.1) is 13.8 Å². The maximum Gasteiger partial charge on any atom is 0.266 e. The molecule has 2 amide bonds. The molecule has 0 radical (unpaired) electrons. The molecular formula is C20H18N2O2S2. The van der Waals surface area contributed by atoms with E-state index in [1.165, 1.54) is 21.8 Å². The van der Waals surface area contributed by atoms with Gasteiger partial charge in [-0.1, -0.05) is 18.2 Å². The number of aryl methyl sites for hydroxylation is 1. The molecule has 0 bridgehead atoms. The van der Waals surface area contributed by atoms with E-state index in [1.54, 1.807) is 11.3 Å². The molecule has 0 aliphatic carbocycles. The summed E-state index contributed by atoms with van der Waals surface area (Å²) < 4.78 is 0. The number of fused-ring (bicyclic) bond motifs is 1. The molecule has 1 aliphatic heterocycles. The minimum Gasteiger partial charge on any atom is -0.321 e. The van der Waals surface area contributed by atoms with Gasteiger partial charge in [0.1, 0.15) is 0 Å². The molecule has 1 unspecified atom stereocenters. The Bertz CT molecular complexity index is 989. The van der Waals surface area contributed by atoms with Crippen LogP contribution < -0.4 is 10.6 Å². The molecule has 0 saturated heterocycles. The van der Waals surface area contributed by atoms with Gasteiger partial charge in [0.25, 0.3) is 5.91 Å². The maximum atomic E-state index is 12.8. The molecule has 6 heteroatoms. The molecular weight excluding hydrogens is 364 g/mol. The summed E-state index contributed by atoms with van der Waals surface area (Å²) in [7, 11) is 0. The minimum atomic E-state index is -0.135. The van der Waals surface area contributed by atoms with Crippen molar-refractivity contribution in [2.45, 2.75) is 26.2 Å². The topological polar surface area (TPSA) is 58.2 Å². The van der Waals surface area contributed by atoms with Gasteiger partial charge in [0.2, 0.25) is 5.91 Å². The van der Waals surface area contributed by atoms with Crippen LogP contribution >= 0.6 is 22.7 Å².